The summed E-state index contributed by atoms with van der Waals surface area (Å²) in [6.45, 7) is 4.43. The molecule has 21 heavy (non-hydrogen) atoms. The van der Waals surface area contributed by atoms with Crippen molar-refractivity contribution in [3.8, 4) is 0 Å². The minimum Gasteiger partial charge on any atom is -0.460 e. The highest BCUT2D eigenvalue weighted by Crippen LogP contribution is 2.29. The summed E-state index contributed by atoms with van der Waals surface area (Å²) in [6, 6.07) is 0. The lowest BCUT2D eigenvalue weighted by Gasteiger charge is -2.18. The summed E-state index contributed by atoms with van der Waals surface area (Å²) in [4.78, 5) is 10.9. The third-order valence-electron chi connectivity index (χ3n) is 2.20. The first kappa shape index (κ1) is 19.9. The number of hydrogen-bond donors (Lipinski definition) is 1. The predicted octanol–water partition coefficient (Wildman–Crippen LogP) is 1.72. The summed E-state index contributed by atoms with van der Waals surface area (Å²) in [5.41, 5.74) is -3.46. The molecule has 0 fully saturated rings. The van der Waals surface area contributed by atoms with E-state index in [0.29, 0.717) is 0 Å². The van der Waals surface area contributed by atoms with Crippen molar-refractivity contribution in [2.24, 2.45) is 0 Å². The van der Waals surface area contributed by atoms with Crippen LogP contribution in [0.5, 0.6) is 0 Å². The van der Waals surface area contributed by atoms with Crippen molar-refractivity contribution in [3.05, 3.63) is 12.2 Å². The average molecular weight is 334 g/mol. The fourth-order valence-electron chi connectivity index (χ4n) is 1.16. The second-order valence-electron chi connectivity index (χ2n) is 4.22. The Morgan fingerprint density at radius 3 is 2.38 bits per heavy atom. The molecule has 0 aliphatic rings. The molecule has 0 spiro atoms. The topological polar surface area (TPSA) is 89.9 Å². The molecule has 0 aromatic heterocycles. The van der Waals surface area contributed by atoms with Gasteiger partial charge in [-0.3, -0.25) is 4.55 Å². The molecule has 10 heteroatoms. The summed E-state index contributed by atoms with van der Waals surface area (Å²) in [7, 11) is -5.45. The normalized spacial score (nSPS) is 13.8. The highest BCUT2D eigenvalue weighted by Gasteiger charge is 2.47. The average Bonchev–Trinajstić information content (AvgIpc) is 2.35. The van der Waals surface area contributed by atoms with E-state index < -0.39 is 33.9 Å². The zero-order chi connectivity index (χ0) is 16.7. The van der Waals surface area contributed by atoms with Gasteiger partial charge in [0.05, 0.1) is 6.61 Å². The Labute approximate surface area is 120 Å². The largest absolute Gasteiger partial charge is 0.460 e. The third-order valence-corrected chi connectivity index (χ3v) is 3.07. The molecular weight excluding hydrogens is 317 g/mol. The van der Waals surface area contributed by atoms with Gasteiger partial charge in [-0.1, -0.05) is 6.58 Å². The number of alkyl halides is 3. The smallest absolute Gasteiger partial charge is 0.333 e. The zero-order valence-electron chi connectivity index (χ0n) is 11.4. The molecule has 124 valence electrons. The van der Waals surface area contributed by atoms with Crippen LogP contribution >= 0.6 is 0 Å². The minimum atomic E-state index is -5.45. The summed E-state index contributed by atoms with van der Waals surface area (Å²) >= 11 is 0. The fraction of sp³-hybridized carbons (Fsp3) is 0.727. The van der Waals surface area contributed by atoms with Gasteiger partial charge >= 0.3 is 16.1 Å². The lowest BCUT2D eigenvalue weighted by atomic mass is 10.2. The molecule has 0 rings (SSSR count). The van der Waals surface area contributed by atoms with Gasteiger partial charge in [0.25, 0.3) is 11.4 Å². The van der Waals surface area contributed by atoms with Crippen LogP contribution in [-0.2, 0) is 24.4 Å². The lowest BCUT2D eigenvalue weighted by Crippen LogP contribution is -2.36. The van der Waals surface area contributed by atoms with Crippen LogP contribution in [-0.4, -0.2) is 50.2 Å². The van der Waals surface area contributed by atoms with Crippen LogP contribution in [0.4, 0.5) is 13.2 Å². The molecule has 0 radical (unpaired) electrons. The van der Waals surface area contributed by atoms with Crippen molar-refractivity contribution in [2.45, 2.75) is 31.2 Å². The SMILES string of the molecule is C=C(C)C(=O)OCCOCCCC(F)(F)C(F)S(=O)(=O)O. The van der Waals surface area contributed by atoms with Gasteiger partial charge in [0.15, 0.2) is 0 Å². The van der Waals surface area contributed by atoms with E-state index in [2.05, 4.69) is 11.3 Å². The van der Waals surface area contributed by atoms with Crippen LogP contribution in [0.25, 0.3) is 0 Å². The molecule has 1 atom stereocenters. The summed E-state index contributed by atoms with van der Waals surface area (Å²) in [5.74, 6) is -4.82. The van der Waals surface area contributed by atoms with Gasteiger partial charge in [-0.25, -0.2) is 18.0 Å². The standard InChI is InChI=1S/C11H17F3O6S/c1-8(2)9(15)20-7-6-19-5-3-4-11(13,14)10(12)21(16,17)18/h10H,1,3-7H2,2H3,(H,16,17,18). The molecule has 0 amide bonds. The van der Waals surface area contributed by atoms with Crippen LogP contribution in [0, 0.1) is 0 Å². The molecular formula is C11H17F3O6S. The van der Waals surface area contributed by atoms with Crippen LogP contribution in [0.3, 0.4) is 0 Å². The summed E-state index contributed by atoms with van der Waals surface area (Å²) in [5, 5.41) is 0. The van der Waals surface area contributed by atoms with Gasteiger partial charge < -0.3 is 9.47 Å². The van der Waals surface area contributed by atoms with Gasteiger partial charge in [-0.15, -0.1) is 0 Å². The third kappa shape index (κ3) is 8.02. The first-order valence-electron chi connectivity index (χ1n) is 5.87. The molecule has 0 aliphatic heterocycles. The molecule has 0 saturated heterocycles. The van der Waals surface area contributed by atoms with Crippen molar-refractivity contribution in [3.63, 3.8) is 0 Å². The van der Waals surface area contributed by atoms with Crippen molar-refractivity contribution >= 4 is 16.1 Å². The zero-order valence-corrected chi connectivity index (χ0v) is 12.2. The second-order valence-corrected chi connectivity index (χ2v) is 5.67. The van der Waals surface area contributed by atoms with E-state index in [1.807, 2.05) is 0 Å². The Bertz CT molecular complexity index is 463. The molecule has 0 saturated carbocycles. The summed E-state index contributed by atoms with van der Waals surface area (Å²) < 4.78 is 77.1. The number of halogens is 3. The second kappa shape index (κ2) is 8.35. The maximum absolute atomic E-state index is 13.0. The highest BCUT2D eigenvalue weighted by atomic mass is 32.2. The lowest BCUT2D eigenvalue weighted by molar-refractivity contribution is -0.140. The van der Waals surface area contributed by atoms with E-state index in [0.717, 1.165) is 0 Å². The Kier molecular flexibility index (Phi) is 7.90. The van der Waals surface area contributed by atoms with Gasteiger partial charge in [0, 0.05) is 18.6 Å². The van der Waals surface area contributed by atoms with Crippen molar-refractivity contribution in [2.75, 3.05) is 19.8 Å². The summed E-state index contributed by atoms with van der Waals surface area (Å²) in [6.07, 6.45) is -1.45. The van der Waals surface area contributed by atoms with Gasteiger partial charge in [0.1, 0.15) is 6.61 Å². The molecule has 1 N–H and O–H groups in total. The monoisotopic (exact) mass is 334 g/mol. The van der Waals surface area contributed by atoms with Gasteiger partial charge in [0.2, 0.25) is 0 Å². The van der Waals surface area contributed by atoms with Crippen LogP contribution < -0.4 is 0 Å². The van der Waals surface area contributed by atoms with Crippen molar-refractivity contribution < 1.29 is 40.4 Å². The molecule has 0 heterocycles. The number of hydrogen-bond acceptors (Lipinski definition) is 5. The first-order valence-corrected chi connectivity index (χ1v) is 7.37. The van der Waals surface area contributed by atoms with Gasteiger partial charge in [-0.05, 0) is 13.3 Å². The van der Waals surface area contributed by atoms with Crippen molar-refractivity contribution in [1.82, 2.24) is 0 Å². The Balaban J connectivity index is 3.86. The molecule has 0 bridgehead atoms. The number of carbonyl (C=O) groups is 1. The van der Waals surface area contributed by atoms with Crippen LogP contribution in [0.2, 0.25) is 0 Å². The predicted molar refractivity (Wildman–Crippen MR) is 67.2 cm³/mol. The maximum Gasteiger partial charge on any atom is 0.333 e. The highest BCUT2D eigenvalue weighted by molar-refractivity contribution is 7.86. The molecule has 6 nitrogen and oxygen atoms in total. The molecule has 0 aliphatic carbocycles. The van der Waals surface area contributed by atoms with E-state index in [4.69, 9.17) is 9.29 Å². The first-order chi connectivity index (χ1) is 9.48. The molecule has 0 aromatic carbocycles. The number of rotatable bonds is 10. The Hall–Kier alpha value is -1.13. The number of esters is 1. The van der Waals surface area contributed by atoms with Crippen LogP contribution in [0.1, 0.15) is 19.8 Å². The minimum absolute atomic E-state index is 0.0536. The molecule has 0 aromatic rings. The molecule has 1 unspecified atom stereocenters. The Morgan fingerprint density at radius 2 is 1.90 bits per heavy atom. The number of ether oxygens (including phenoxy) is 2. The van der Waals surface area contributed by atoms with E-state index in [9.17, 15) is 26.4 Å². The van der Waals surface area contributed by atoms with E-state index in [1.165, 1.54) is 6.92 Å². The van der Waals surface area contributed by atoms with Crippen molar-refractivity contribution in [1.29, 1.82) is 0 Å². The quantitative estimate of drug-likeness (QED) is 0.283. The van der Waals surface area contributed by atoms with Gasteiger partial charge in [-0.2, -0.15) is 8.42 Å². The van der Waals surface area contributed by atoms with Crippen LogP contribution in [0.15, 0.2) is 12.2 Å². The van der Waals surface area contributed by atoms with E-state index in [-0.39, 0.29) is 31.8 Å². The Morgan fingerprint density at radius 1 is 1.33 bits per heavy atom. The number of carbonyl (C=O) groups excluding carboxylic acids is 1. The maximum atomic E-state index is 13.0. The van der Waals surface area contributed by atoms with E-state index >= 15 is 0 Å². The van der Waals surface area contributed by atoms with E-state index in [1.54, 1.807) is 0 Å². The fourth-order valence-corrected chi connectivity index (χ4v) is 1.71.